The number of alkyl halides is 1. The van der Waals surface area contributed by atoms with Crippen molar-refractivity contribution < 1.29 is 9.90 Å². The second kappa shape index (κ2) is 6.23. The summed E-state index contributed by atoms with van der Waals surface area (Å²) < 4.78 is 0. The number of rotatable bonds is 3. The highest BCUT2D eigenvalue weighted by Crippen LogP contribution is 2.28. The Labute approximate surface area is 116 Å². The first kappa shape index (κ1) is 13.4. The van der Waals surface area contributed by atoms with E-state index in [-0.39, 0.29) is 11.7 Å². The van der Waals surface area contributed by atoms with Crippen molar-refractivity contribution in [3.05, 3.63) is 29.8 Å². The monoisotopic (exact) mass is 311 g/mol. The van der Waals surface area contributed by atoms with Gasteiger partial charge in [-0.1, -0.05) is 28.1 Å². The molecular weight excluding hydrogens is 294 g/mol. The molecule has 0 radical (unpaired) electrons. The first-order chi connectivity index (χ1) is 8.66. The van der Waals surface area contributed by atoms with Gasteiger partial charge in [0.1, 0.15) is 5.75 Å². The average molecular weight is 312 g/mol. The molecule has 0 saturated heterocycles. The number of carbonyl (C=O) groups excluding carboxylic acids is 1. The third-order valence-corrected chi connectivity index (χ3v) is 4.39. The molecule has 1 amide bonds. The molecule has 98 valence electrons. The average Bonchev–Trinajstić information content (AvgIpc) is 2.38. The van der Waals surface area contributed by atoms with Gasteiger partial charge < -0.3 is 10.4 Å². The summed E-state index contributed by atoms with van der Waals surface area (Å²) in [5, 5.41) is 12.5. The van der Waals surface area contributed by atoms with Crippen molar-refractivity contribution in [2.45, 2.75) is 30.5 Å². The molecule has 0 aromatic heterocycles. The molecule has 2 rings (SSSR count). The van der Waals surface area contributed by atoms with Gasteiger partial charge in [-0.25, -0.2) is 0 Å². The Kier molecular flexibility index (Phi) is 4.64. The van der Waals surface area contributed by atoms with E-state index >= 15 is 0 Å². The Balaban J connectivity index is 1.84. The van der Waals surface area contributed by atoms with Gasteiger partial charge in [-0.05, 0) is 43.7 Å². The molecule has 1 aromatic rings. The lowest BCUT2D eigenvalue weighted by molar-refractivity contribution is 0.0941. The van der Waals surface area contributed by atoms with Gasteiger partial charge in [-0.3, -0.25) is 4.79 Å². The van der Waals surface area contributed by atoms with Crippen LogP contribution in [0.3, 0.4) is 0 Å². The summed E-state index contributed by atoms with van der Waals surface area (Å²) in [6, 6.07) is 6.64. The van der Waals surface area contributed by atoms with Crippen molar-refractivity contribution in [3.8, 4) is 5.75 Å². The van der Waals surface area contributed by atoms with E-state index in [1.807, 2.05) is 0 Å². The van der Waals surface area contributed by atoms with E-state index in [0.717, 1.165) is 12.8 Å². The number of nitrogens with one attached hydrogen (secondary N) is 1. The molecule has 0 spiro atoms. The Morgan fingerprint density at radius 1 is 1.28 bits per heavy atom. The van der Waals surface area contributed by atoms with Crippen molar-refractivity contribution in [2.24, 2.45) is 5.92 Å². The number of phenols is 1. The fourth-order valence-electron chi connectivity index (χ4n) is 2.32. The maximum atomic E-state index is 11.9. The van der Waals surface area contributed by atoms with Crippen molar-refractivity contribution in [3.63, 3.8) is 0 Å². The standard InChI is InChI=1S/C14H18BrNO2/c15-11-7-5-10(6-8-11)9-16-14(18)12-3-1-2-4-13(12)17/h1-4,10-11,17H,5-9H2,(H,16,18). The second-order valence-electron chi connectivity index (χ2n) is 4.85. The zero-order chi connectivity index (χ0) is 13.0. The summed E-state index contributed by atoms with van der Waals surface area (Å²) in [7, 11) is 0. The SMILES string of the molecule is O=C(NCC1CCC(Br)CC1)c1ccccc1O. The molecule has 1 aromatic carbocycles. The topological polar surface area (TPSA) is 49.3 Å². The molecule has 0 atom stereocenters. The molecule has 1 fully saturated rings. The van der Waals surface area contributed by atoms with Gasteiger partial charge in [0.05, 0.1) is 5.56 Å². The van der Waals surface area contributed by atoms with Gasteiger partial charge >= 0.3 is 0 Å². The summed E-state index contributed by atoms with van der Waals surface area (Å²) in [5.41, 5.74) is 0.353. The lowest BCUT2D eigenvalue weighted by atomic mass is 9.89. The highest BCUT2D eigenvalue weighted by atomic mass is 79.9. The van der Waals surface area contributed by atoms with Crippen molar-refractivity contribution in [1.82, 2.24) is 5.32 Å². The van der Waals surface area contributed by atoms with Gasteiger partial charge in [0, 0.05) is 11.4 Å². The normalized spacial score (nSPS) is 23.6. The lowest BCUT2D eigenvalue weighted by Gasteiger charge is -2.25. The molecule has 18 heavy (non-hydrogen) atoms. The van der Waals surface area contributed by atoms with Crippen LogP contribution in [0, 0.1) is 5.92 Å². The van der Waals surface area contributed by atoms with Crippen LogP contribution in [0.5, 0.6) is 5.75 Å². The van der Waals surface area contributed by atoms with Crippen LogP contribution in [0.4, 0.5) is 0 Å². The molecule has 0 bridgehead atoms. The Morgan fingerprint density at radius 3 is 2.61 bits per heavy atom. The van der Waals surface area contributed by atoms with Crippen LogP contribution < -0.4 is 5.32 Å². The van der Waals surface area contributed by atoms with Crippen LogP contribution in [0.2, 0.25) is 0 Å². The van der Waals surface area contributed by atoms with E-state index in [4.69, 9.17) is 0 Å². The van der Waals surface area contributed by atoms with Crippen LogP contribution in [0.25, 0.3) is 0 Å². The Bertz CT molecular complexity index is 414. The van der Waals surface area contributed by atoms with E-state index in [1.54, 1.807) is 18.2 Å². The molecule has 4 heteroatoms. The van der Waals surface area contributed by atoms with Crippen LogP contribution in [0.1, 0.15) is 36.0 Å². The molecule has 0 aliphatic heterocycles. The van der Waals surface area contributed by atoms with E-state index in [9.17, 15) is 9.90 Å². The number of hydrogen-bond acceptors (Lipinski definition) is 2. The molecule has 1 aliphatic carbocycles. The zero-order valence-electron chi connectivity index (χ0n) is 10.2. The summed E-state index contributed by atoms with van der Waals surface area (Å²) in [6.45, 7) is 0.701. The number of aromatic hydroxyl groups is 1. The quantitative estimate of drug-likeness (QED) is 0.843. The van der Waals surface area contributed by atoms with E-state index in [1.165, 1.54) is 18.9 Å². The van der Waals surface area contributed by atoms with Gasteiger partial charge in [-0.2, -0.15) is 0 Å². The second-order valence-corrected chi connectivity index (χ2v) is 6.14. The highest BCUT2D eigenvalue weighted by molar-refractivity contribution is 9.09. The van der Waals surface area contributed by atoms with Crippen molar-refractivity contribution >= 4 is 21.8 Å². The number of benzene rings is 1. The summed E-state index contributed by atoms with van der Waals surface area (Å²) in [5.74, 6) is 0.418. The maximum absolute atomic E-state index is 11.9. The van der Waals surface area contributed by atoms with Crippen molar-refractivity contribution in [1.29, 1.82) is 0 Å². The van der Waals surface area contributed by atoms with E-state index < -0.39 is 0 Å². The summed E-state index contributed by atoms with van der Waals surface area (Å²) in [4.78, 5) is 12.5. The smallest absolute Gasteiger partial charge is 0.255 e. The van der Waals surface area contributed by atoms with E-state index in [0.29, 0.717) is 22.9 Å². The lowest BCUT2D eigenvalue weighted by Crippen LogP contribution is -2.31. The third kappa shape index (κ3) is 3.48. The number of hydrogen-bond donors (Lipinski definition) is 2. The minimum Gasteiger partial charge on any atom is -0.507 e. The number of halogens is 1. The summed E-state index contributed by atoms with van der Waals surface area (Å²) in [6.07, 6.45) is 4.65. The van der Waals surface area contributed by atoms with Gasteiger partial charge in [0.2, 0.25) is 0 Å². The number of para-hydroxylation sites is 1. The molecule has 3 nitrogen and oxygen atoms in total. The molecule has 2 N–H and O–H groups in total. The predicted octanol–water partition coefficient (Wildman–Crippen LogP) is 3.08. The number of phenolic OH excluding ortho intramolecular Hbond substituents is 1. The minimum atomic E-state index is -0.186. The van der Waals surface area contributed by atoms with Crippen molar-refractivity contribution in [2.75, 3.05) is 6.54 Å². The van der Waals surface area contributed by atoms with Crippen LogP contribution in [0.15, 0.2) is 24.3 Å². The Morgan fingerprint density at radius 2 is 1.94 bits per heavy atom. The molecule has 0 heterocycles. The molecule has 1 saturated carbocycles. The molecule has 1 aliphatic rings. The first-order valence-corrected chi connectivity index (χ1v) is 7.28. The predicted molar refractivity (Wildman–Crippen MR) is 75.1 cm³/mol. The van der Waals surface area contributed by atoms with E-state index in [2.05, 4.69) is 21.2 Å². The highest BCUT2D eigenvalue weighted by Gasteiger charge is 2.20. The van der Waals surface area contributed by atoms with Gasteiger partial charge in [-0.15, -0.1) is 0 Å². The molecule has 0 unspecified atom stereocenters. The fourth-order valence-corrected chi connectivity index (χ4v) is 2.85. The van der Waals surface area contributed by atoms with Crippen LogP contribution >= 0.6 is 15.9 Å². The van der Waals surface area contributed by atoms with Crippen LogP contribution in [-0.4, -0.2) is 22.4 Å². The number of carbonyl (C=O) groups is 1. The fraction of sp³-hybridized carbons (Fsp3) is 0.500. The first-order valence-electron chi connectivity index (χ1n) is 6.37. The Hall–Kier alpha value is -1.03. The minimum absolute atomic E-state index is 0.0409. The van der Waals surface area contributed by atoms with Crippen LogP contribution in [-0.2, 0) is 0 Å². The maximum Gasteiger partial charge on any atom is 0.255 e. The molecular formula is C14H18BrNO2. The number of amides is 1. The van der Waals surface area contributed by atoms with Gasteiger partial charge in [0.25, 0.3) is 5.91 Å². The third-order valence-electron chi connectivity index (χ3n) is 3.48. The van der Waals surface area contributed by atoms with Gasteiger partial charge in [0.15, 0.2) is 0 Å². The zero-order valence-corrected chi connectivity index (χ0v) is 11.8. The summed E-state index contributed by atoms with van der Waals surface area (Å²) >= 11 is 3.62. The largest absolute Gasteiger partial charge is 0.507 e.